The van der Waals surface area contributed by atoms with Crippen LogP contribution in [0.3, 0.4) is 0 Å². The predicted molar refractivity (Wildman–Crippen MR) is 84.3 cm³/mol. The normalized spacial score (nSPS) is 15.3. The van der Waals surface area contributed by atoms with E-state index in [1.165, 1.54) is 12.1 Å². The molecule has 0 bridgehead atoms. The number of hydrogen-bond donors (Lipinski definition) is 1. The van der Waals surface area contributed by atoms with Crippen LogP contribution in [0.25, 0.3) is 0 Å². The van der Waals surface area contributed by atoms with Gasteiger partial charge >= 0.3 is 0 Å². The van der Waals surface area contributed by atoms with Crippen molar-refractivity contribution in [1.82, 2.24) is 5.32 Å². The van der Waals surface area contributed by atoms with Crippen molar-refractivity contribution in [2.75, 3.05) is 6.54 Å². The van der Waals surface area contributed by atoms with Crippen LogP contribution in [0.2, 0.25) is 0 Å². The summed E-state index contributed by atoms with van der Waals surface area (Å²) in [5, 5.41) is 2.31. The van der Waals surface area contributed by atoms with E-state index in [1.807, 2.05) is 12.1 Å². The van der Waals surface area contributed by atoms with Gasteiger partial charge in [0, 0.05) is 16.6 Å². The number of nitrogens with one attached hydrogen (secondary N) is 1. The molecule has 0 saturated heterocycles. The number of benzene rings is 2. The Morgan fingerprint density at radius 2 is 2.00 bits per heavy atom. The average molecular weight is 369 g/mol. The molecule has 1 amide bonds. The van der Waals surface area contributed by atoms with Gasteiger partial charge in [0.25, 0.3) is 5.91 Å². The molecule has 1 atom stereocenters. The lowest BCUT2D eigenvalue weighted by Crippen LogP contribution is -2.31. The van der Waals surface area contributed by atoms with Gasteiger partial charge in [-0.3, -0.25) is 4.79 Å². The van der Waals surface area contributed by atoms with Crippen LogP contribution in [0.1, 0.15) is 32.4 Å². The number of rotatable bonds is 2. The standard InChI is InChI=1S/C16H12BrClFNO/c17-12-5-11(6-13(19)8-12)15(18)10-2-1-9-3-4-20-16(21)14(9)7-10/h1-2,5-8,15H,3-4H2,(H,20,21). The smallest absolute Gasteiger partial charge is 0.251 e. The highest BCUT2D eigenvalue weighted by atomic mass is 79.9. The Hall–Kier alpha value is -1.39. The SMILES string of the molecule is O=C1NCCc2ccc(C(Cl)c3cc(F)cc(Br)c3)cc21. The Morgan fingerprint density at radius 3 is 2.76 bits per heavy atom. The van der Waals surface area contributed by atoms with Crippen LogP contribution in [0.15, 0.2) is 40.9 Å². The van der Waals surface area contributed by atoms with E-state index in [1.54, 1.807) is 12.1 Å². The quantitative estimate of drug-likeness (QED) is 0.791. The lowest BCUT2D eigenvalue weighted by Gasteiger charge is -2.19. The third kappa shape index (κ3) is 2.97. The molecule has 0 fully saturated rings. The van der Waals surface area contributed by atoms with Gasteiger partial charge < -0.3 is 5.32 Å². The number of hydrogen-bond acceptors (Lipinski definition) is 1. The molecular formula is C16H12BrClFNO. The molecule has 0 radical (unpaired) electrons. The van der Waals surface area contributed by atoms with E-state index in [0.29, 0.717) is 22.1 Å². The second-order valence-electron chi connectivity index (χ2n) is 4.99. The molecule has 1 heterocycles. The second-order valence-corrected chi connectivity index (χ2v) is 6.34. The van der Waals surface area contributed by atoms with Crippen molar-refractivity contribution in [2.24, 2.45) is 0 Å². The summed E-state index contributed by atoms with van der Waals surface area (Å²) in [6, 6.07) is 10.2. The average Bonchev–Trinajstić information content (AvgIpc) is 2.45. The minimum absolute atomic E-state index is 0.0811. The fourth-order valence-corrected chi connectivity index (χ4v) is 3.25. The highest BCUT2D eigenvalue weighted by Crippen LogP contribution is 2.32. The molecule has 1 aliphatic heterocycles. The molecular weight excluding hydrogens is 357 g/mol. The first-order valence-electron chi connectivity index (χ1n) is 6.55. The molecule has 108 valence electrons. The molecule has 0 aliphatic carbocycles. The molecule has 2 aromatic carbocycles. The van der Waals surface area contributed by atoms with Crippen molar-refractivity contribution in [2.45, 2.75) is 11.8 Å². The van der Waals surface area contributed by atoms with Crippen molar-refractivity contribution in [3.05, 3.63) is 68.9 Å². The summed E-state index contributed by atoms with van der Waals surface area (Å²) in [6.07, 6.45) is 0.819. The van der Waals surface area contributed by atoms with E-state index in [0.717, 1.165) is 17.5 Å². The Labute approximate surface area is 135 Å². The van der Waals surface area contributed by atoms with Crippen molar-refractivity contribution in [3.8, 4) is 0 Å². The predicted octanol–water partition coefficient (Wildman–Crippen LogP) is 4.20. The largest absolute Gasteiger partial charge is 0.352 e. The number of halogens is 3. The Kier molecular flexibility index (Phi) is 4.00. The maximum Gasteiger partial charge on any atom is 0.251 e. The van der Waals surface area contributed by atoms with Crippen LogP contribution in [-0.4, -0.2) is 12.5 Å². The molecule has 1 N–H and O–H groups in total. The summed E-state index contributed by atoms with van der Waals surface area (Å²) in [7, 11) is 0. The number of carbonyl (C=O) groups excluding carboxylic acids is 1. The molecule has 5 heteroatoms. The summed E-state index contributed by atoms with van der Waals surface area (Å²) < 4.78 is 14.1. The first kappa shape index (κ1) is 14.5. The van der Waals surface area contributed by atoms with Crippen molar-refractivity contribution < 1.29 is 9.18 Å². The van der Waals surface area contributed by atoms with Gasteiger partial charge in [-0.1, -0.05) is 28.1 Å². The number of alkyl halides is 1. The van der Waals surface area contributed by atoms with E-state index in [-0.39, 0.29) is 11.7 Å². The van der Waals surface area contributed by atoms with Gasteiger partial charge in [0.15, 0.2) is 0 Å². The summed E-state index contributed by atoms with van der Waals surface area (Å²) in [5.74, 6) is -0.428. The third-order valence-electron chi connectivity index (χ3n) is 3.53. The first-order chi connectivity index (χ1) is 10.0. The molecule has 21 heavy (non-hydrogen) atoms. The minimum atomic E-state index is -0.503. The van der Waals surface area contributed by atoms with E-state index in [9.17, 15) is 9.18 Å². The first-order valence-corrected chi connectivity index (χ1v) is 7.78. The van der Waals surface area contributed by atoms with E-state index in [2.05, 4.69) is 21.2 Å². The molecule has 0 aromatic heterocycles. The molecule has 1 unspecified atom stereocenters. The van der Waals surface area contributed by atoms with Crippen LogP contribution in [0.4, 0.5) is 4.39 Å². The topological polar surface area (TPSA) is 29.1 Å². The monoisotopic (exact) mass is 367 g/mol. The highest BCUT2D eigenvalue weighted by Gasteiger charge is 2.20. The molecule has 0 spiro atoms. The van der Waals surface area contributed by atoms with Gasteiger partial charge in [0.2, 0.25) is 0 Å². The summed E-state index contributed by atoms with van der Waals surface area (Å²) >= 11 is 9.71. The molecule has 2 nitrogen and oxygen atoms in total. The summed E-state index contributed by atoms with van der Waals surface area (Å²) in [4.78, 5) is 11.9. The maximum absolute atomic E-state index is 13.5. The lowest BCUT2D eigenvalue weighted by molar-refractivity contribution is 0.0946. The Bertz CT molecular complexity index is 699. The molecule has 2 aromatic rings. The Balaban J connectivity index is 2.00. The summed E-state index contributed by atoms with van der Waals surface area (Å²) in [6.45, 7) is 0.659. The molecule has 1 aliphatic rings. The van der Waals surface area contributed by atoms with Gasteiger partial charge in [-0.05, 0) is 47.4 Å². The maximum atomic E-state index is 13.5. The minimum Gasteiger partial charge on any atom is -0.352 e. The van der Waals surface area contributed by atoms with Gasteiger partial charge in [-0.15, -0.1) is 11.6 Å². The van der Waals surface area contributed by atoms with Gasteiger partial charge in [-0.25, -0.2) is 4.39 Å². The van der Waals surface area contributed by atoms with E-state index in [4.69, 9.17) is 11.6 Å². The van der Waals surface area contributed by atoms with Crippen LogP contribution in [-0.2, 0) is 6.42 Å². The summed E-state index contributed by atoms with van der Waals surface area (Å²) in [5.41, 5.74) is 3.11. The fraction of sp³-hybridized carbons (Fsp3) is 0.188. The van der Waals surface area contributed by atoms with E-state index < -0.39 is 5.38 Å². The van der Waals surface area contributed by atoms with Crippen LogP contribution < -0.4 is 5.32 Å². The van der Waals surface area contributed by atoms with Crippen LogP contribution in [0, 0.1) is 5.82 Å². The molecule has 3 rings (SSSR count). The van der Waals surface area contributed by atoms with E-state index >= 15 is 0 Å². The Morgan fingerprint density at radius 1 is 1.19 bits per heavy atom. The number of carbonyl (C=O) groups is 1. The molecule has 0 saturated carbocycles. The van der Waals surface area contributed by atoms with Crippen LogP contribution in [0.5, 0.6) is 0 Å². The van der Waals surface area contributed by atoms with Crippen LogP contribution >= 0.6 is 27.5 Å². The zero-order chi connectivity index (χ0) is 15.0. The van der Waals surface area contributed by atoms with Gasteiger partial charge in [0.1, 0.15) is 5.82 Å². The zero-order valence-electron chi connectivity index (χ0n) is 11.0. The highest BCUT2D eigenvalue weighted by molar-refractivity contribution is 9.10. The van der Waals surface area contributed by atoms with Crippen molar-refractivity contribution >= 4 is 33.4 Å². The second kappa shape index (κ2) is 5.78. The number of fused-ring (bicyclic) bond motifs is 1. The fourth-order valence-electron chi connectivity index (χ4n) is 2.50. The third-order valence-corrected chi connectivity index (χ3v) is 4.49. The van der Waals surface area contributed by atoms with Crippen molar-refractivity contribution in [1.29, 1.82) is 0 Å². The van der Waals surface area contributed by atoms with Crippen molar-refractivity contribution in [3.63, 3.8) is 0 Å². The van der Waals surface area contributed by atoms with Gasteiger partial charge in [0.05, 0.1) is 5.38 Å². The van der Waals surface area contributed by atoms with Gasteiger partial charge in [-0.2, -0.15) is 0 Å². The zero-order valence-corrected chi connectivity index (χ0v) is 13.3. The lowest BCUT2D eigenvalue weighted by atomic mass is 9.95. The number of amides is 1.